The topological polar surface area (TPSA) is 111 Å². The van der Waals surface area contributed by atoms with Gasteiger partial charge in [-0.3, -0.25) is 10.1 Å². The highest BCUT2D eigenvalue weighted by Crippen LogP contribution is 2.32. The monoisotopic (exact) mass is 369 g/mol. The molecule has 0 heterocycles. The number of rotatable bonds is 3. The lowest BCUT2D eigenvalue weighted by atomic mass is 10.1. The Kier molecular flexibility index (Phi) is 3.87. The Bertz CT molecular complexity index is 963. The molecule has 7 nitrogen and oxygen atoms in total. The van der Waals surface area contributed by atoms with Gasteiger partial charge >= 0.3 is 0 Å². The first kappa shape index (κ1) is 16.0. The SMILES string of the molecule is O=[N+]([O-])c1cc(S(=O)(=O)Cl)cc2cc(S(=O)(=O)Cl)ccc12. The fourth-order valence-corrected chi connectivity index (χ4v) is 3.32. The molecule has 0 aliphatic carbocycles. The van der Waals surface area contributed by atoms with Crippen molar-refractivity contribution < 1.29 is 21.8 Å². The summed E-state index contributed by atoms with van der Waals surface area (Å²) in [6, 6.07) is 5.14. The average Bonchev–Trinajstić information content (AvgIpc) is 2.34. The number of nitrogens with zero attached hydrogens (tertiary/aromatic N) is 1. The molecule has 0 bridgehead atoms. The van der Waals surface area contributed by atoms with Crippen molar-refractivity contribution in [3.8, 4) is 0 Å². The first-order valence-electron chi connectivity index (χ1n) is 5.12. The summed E-state index contributed by atoms with van der Waals surface area (Å²) in [6.45, 7) is 0. The highest BCUT2D eigenvalue weighted by molar-refractivity contribution is 8.14. The van der Waals surface area contributed by atoms with Gasteiger partial charge in [0.15, 0.2) is 0 Å². The van der Waals surface area contributed by atoms with Gasteiger partial charge in [-0.2, -0.15) is 0 Å². The Morgan fingerprint density at radius 2 is 1.43 bits per heavy atom. The van der Waals surface area contributed by atoms with Gasteiger partial charge in [-0.1, -0.05) is 0 Å². The zero-order chi connectivity index (χ0) is 16.0. The molecule has 0 saturated heterocycles. The van der Waals surface area contributed by atoms with Crippen molar-refractivity contribution in [1.29, 1.82) is 0 Å². The van der Waals surface area contributed by atoms with E-state index in [-0.39, 0.29) is 15.7 Å². The quantitative estimate of drug-likeness (QED) is 0.466. The fraction of sp³-hybridized carbons (Fsp3) is 0. The summed E-state index contributed by atoms with van der Waals surface area (Å²) in [5, 5.41) is 11.1. The Morgan fingerprint density at radius 3 is 1.90 bits per heavy atom. The second-order valence-electron chi connectivity index (χ2n) is 3.96. The second-order valence-corrected chi connectivity index (χ2v) is 9.09. The summed E-state index contributed by atoms with van der Waals surface area (Å²) in [5.41, 5.74) is -0.509. The van der Waals surface area contributed by atoms with Crippen LogP contribution in [0.5, 0.6) is 0 Å². The van der Waals surface area contributed by atoms with Gasteiger partial charge in [0.05, 0.1) is 20.1 Å². The second kappa shape index (κ2) is 5.09. The van der Waals surface area contributed by atoms with Crippen LogP contribution in [0.25, 0.3) is 10.8 Å². The van der Waals surface area contributed by atoms with Crippen molar-refractivity contribution in [2.45, 2.75) is 9.79 Å². The Labute approximate surface area is 128 Å². The molecule has 0 atom stereocenters. The van der Waals surface area contributed by atoms with E-state index in [1.165, 1.54) is 6.07 Å². The zero-order valence-corrected chi connectivity index (χ0v) is 13.0. The Hall–Kier alpha value is -1.42. The van der Waals surface area contributed by atoms with Crippen LogP contribution in [0, 0.1) is 10.1 Å². The van der Waals surface area contributed by atoms with Gasteiger partial charge in [-0.05, 0) is 29.7 Å². The fourth-order valence-electron chi connectivity index (χ4n) is 1.74. The van der Waals surface area contributed by atoms with Gasteiger partial charge in [0.2, 0.25) is 0 Å². The average molecular weight is 370 g/mol. The number of nitro groups is 1. The van der Waals surface area contributed by atoms with E-state index >= 15 is 0 Å². The van der Waals surface area contributed by atoms with E-state index in [0.717, 1.165) is 24.3 Å². The van der Waals surface area contributed by atoms with Gasteiger partial charge in [0, 0.05) is 27.4 Å². The third-order valence-electron chi connectivity index (χ3n) is 2.64. The van der Waals surface area contributed by atoms with Crippen LogP contribution in [0.15, 0.2) is 40.1 Å². The van der Waals surface area contributed by atoms with Gasteiger partial charge < -0.3 is 0 Å². The zero-order valence-electron chi connectivity index (χ0n) is 9.86. The Balaban J connectivity index is 2.94. The van der Waals surface area contributed by atoms with Crippen LogP contribution in [0.2, 0.25) is 0 Å². The molecule has 11 heteroatoms. The highest BCUT2D eigenvalue weighted by atomic mass is 35.7. The molecule has 112 valence electrons. The van der Waals surface area contributed by atoms with E-state index in [9.17, 15) is 26.9 Å². The van der Waals surface area contributed by atoms with E-state index in [2.05, 4.69) is 0 Å². The molecule has 0 radical (unpaired) electrons. The summed E-state index contributed by atoms with van der Waals surface area (Å²) >= 11 is 0. The molecule has 0 saturated carbocycles. The molecule has 0 aromatic heterocycles. The summed E-state index contributed by atoms with van der Waals surface area (Å²) in [4.78, 5) is 9.39. The van der Waals surface area contributed by atoms with Crippen molar-refractivity contribution in [3.63, 3.8) is 0 Å². The molecule has 2 aromatic rings. The number of benzene rings is 2. The van der Waals surface area contributed by atoms with E-state index in [4.69, 9.17) is 21.4 Å². The maximum absolute atomic E-state index is 11.3. The minimum atomic E-state index is -4.21. The lowest BCUT2D eigenvalue weighted by molar-refractivity contribution is -0.383. The number of hydrogen-bond donors (Lipinski definition) is 0. The summed E-state index contributed by atoms with van der Waals surface area (Å²) < 4.78 is 45.2. The number of fused-ring (bicyclic) bond motifs is 1. The van der Waals surface area contributed by atoms with Crippen LogP contribution in [0.3, 0.4) is 0 Å². The molecule has 0 spiro atoms. The normalized spacial score (nSPS) is 12.5. The number of non-ortho nitro benzene ring substituents is 1. The number of hydrogen-bond acceptors (Lipinski definition) is 6. The summed E-state index contributed by atoms with van der Waals surface area (Å²) in [6.07, 6.45) is 0. The maximum Gasteiger partial charge on any atom is 0.278 e. The van der Waals surface area contributed by atoms with Gasteiger partial charge in [0.1, 0.15) is 0 Å². The molecule has 0 N–H and O–H groups in total. The van der Waals surface area contributed by atoms with Crippen molar-refractivity contribution in [1.82, 2.24) is 0 Å². The van der Waals surface area contributed by atoms with Crippen LogP contribution in [-0.4, -0.2) is 21.8 Å². The van der Waals surface area contributed by atoms with Crippen LogP contribution in [-0.2, 0) is 18.1 Å². The molecule has 0 unspecified atom stereocenters. The number of halogens is 2. The standard InChI is InChI=1S/C10H5Cl2NO6S2/c11-20(16,17)7-1-2-9-6(3-7)4-8(21(12,18)19)5-10(9)13(14)15/h1-5H. The molecule has 0 fully saturated rings. The largest absolute Gasteiger partial charge is 0.278 e. The molecule has 2 aromatic carbocycles. The lowest BCUT2D eigenvalue weighted by Crippen LogP contribution is -1.97. The smallest absolute Gasteiger partial charge is 0.258 e. The predicted molar refractivity (Wildman–Crippen MR) is 76.7 cm³/mol. The van der Waals surface area contributed by atoms with Gasteiger partial charge in [-0.25, -0.2) is 16.8 Å². The molecular formula is C10H5Cl2NO6S2. The van der Waals surface area contributed by atoms with Crippen molar-refractivity contribution in [3.05, 3.63) is 40.4 Å². The van der Waals surface area contributed by atoms with Crippen molar-refractivity contribution >= 4 is 55.9 Å². The van der Waals surface area contributed by atoms with E-state index in [1.807, 2.05) is 0 Å². The predicted octanol–water partition coefficient (Wildman–Crippen LogP) is 2.60. The third-order valence-corrected chi connectivity index (χ3v) is 5.32. The maximum atomic E-state index is 11.3. The summed E-state index contributed by atoms with van der Waals surface area (Å²) in [5.74, 6) is 0. The first-order chi connectivity index (χ1) is 9.50. The molecule has 0 aliphatic heterocycles. The Morgan fingerprint density at radius 1 is 0.905 bits per heavy atom. The molecule has 0 amide bonds. The minimum absolute atomic E-state index is 0.0187. The molecular weight excluding hydrogens is 365 g/mol. The van der Waals surface area contributed by atoms with Crippen LogP contribution < -0.4 is 0 Å². The third kappa shape index (κ3) is 3.26. The highest BCUT2D eigenvalue weighted by Gasteiger charge is 2.21. The van der Waals surface area contributed by atoms with E-state index < -0.39 is 33.6 Å². The summed E-state index contributed by atoms with van der Waals surface area (Å²) in [7, 11) is 2.09. The number of nitro benzene ring substituents is 1. The molecule has 2 rings (SSSR count). The van der Waals surface area contributed by atoms with E-state index in [1.54, 1.807) is 0 Å². The van der Waals surface area contributed by atoms with Crippen molar-refractivity contribution in [2.75, 3.05) is 0 Å². The van der Waals surface area contributed by atoms with Gasteiger partial charge in [-0.15, -0.1) is 0 Å². The van der Waals surface area contributed by atoms with E-state index in [0.29, 0.717) is 0 Å². The van der Waals surface area contributed by atoms with Crippen LogP contribution in [0.4, 0.5) is 5.69 Å². The molecule has 21 heavy (non-hydrogen) atoms. The first-order valence-corrected chi connectivity index (χ1v) is 9.73. The van der Waals surface area contributed by atoms with Gasteiger partial charge in [0.25, 0.3) is 23.8 Å². The lowest BCUT2D eigenvalue weighted by Gasteiger charge is -2.04. The molecule has 0 aliphatic rings. The minimum Gasteiger partial charge on any atom is -0.258 e. The van der Waals surface area contributed by atoms with Crippen molar-refractivity contribution in [2.24, 2.45) is 0 Å². The van der Waals surface area contributed by atoms with Crippen LogP contribution in [0.1, 0.15) is 0 Å². The van der Waals surface area contributed by atoms with Crippen LogP contribution >= 0.6 is 21.4 Å².